The van der Waals surface area contributed by atoms with Crippen molar-refractivity contribution >= 4 is 23.7 Å². The molecule has 0 aliphatic rings. The molecule has 4 atom stereocenters. The van der Waals surface area contributed by atoms with Crippen LogP contribution in [0, 0.1) is 11.8 Å². The molecule has 0 aromatic heterocycles. The van der Waals surface area contributed by atoms with Crippen molar-refractivity contribution < 1.29 is 24.3 Å². The predicted molar refractivity (Wildman–Crippen MR) is 110 cm³/mol. The van der Waals surface area contributed by atoms with Crippen LogP contribution in [0.15, 0.2) is 0 Å². The first-order chi connectivity index (χ1) is 13.4. The Labute approximate surface area is 172 Å². The standard InChI is InChI=1S/C19H37N5O5/c1-10(2)14(17(26)22-13(19(28)29)8-6-7-9-20)24-18(27)15(11(3)4)23-16(25)12(5)21/h10-15H,6-9,20-21H2,1-5H3,(H,22,26)(H,23,25)(H,24,27)(H,28,29). The molecule has 0 saturated heterocycles. The summed E-state index contributed by atoms with van der Waals surface area (Å²) >= 11 is 0. The summed E-state index contributed by atoms with van der Waals surface area (Å²) in [6.45, 7) is 8.93. The summed E-state index contributed by atoms with van der Waals surface area (Å²) < 4.78 is 0. The highest BCUT2D eigenvalue weighted by Crippen LogP contribution is 2.08. The molecule has 0 spiro atoms. The Bertz CT molecular complexity index is 565. The van der Waals surface area contributed by atoms with Gasteiger partial charge in [-0.15, -0.1) is 0 Å². The van der Waals surface area contributed by atoms with Crippen LogP contribution in [0.5, 0.6) is 0 Å². The fourth-order valence-corrected chi connectivity index (χ4v) is 2.61. The van der Waals surface area contributed by atoms with E-state index in [4.69, 9.17) is 11.5 Å². The maximum absolute atomic E-state index is 12.7. The van der Waals surface area contributed by atoms with E-state index >= 15 is 0 Å². The van der Waals surface area contributed by atoms with Gasteiger partial charge in [-0.1, -0.05) is 27.7 Å². The molecule has 0 aliphatic carbocycles. The molecule has 0 bridgehead atoms. The maximum atomic E-state index is 12.7. The fourth-order valence-electron chi connectivity index (χ4n) is 2.61. The van der Waals surface area contributed by atoms with Crippen molar-refractivity contribution in [3.63, 3.8) is 0 Å². The van der Waals surface area contributed by atoms with E-state index in [1.165, 1.54) is 6.92 Å². The Hall–Kier alpha value is -2.20. The highest BCUT2D eigenvalue weighted by atomic mass is 16.4. The van der Waals surface area contributed by atoms with Crippen LogP contribution in [0.2, 0.25) is 0 Å². The number of rotatable bonds is 13. The molecule has 29 heavy (non-hydrogen) atoms. The van der Waals surface area contributed by atoms with Gasteiger partial charge in [-0.05, 0) is 44.6 Å². The average Bonchev–Trinajstić information content (AvgIpc) is 2.61. The second-order valence-electron chi connectivity index (χ2n) is 7.93. The molecule has 0 aromatic carbocycles. The van der Waals surface area contributed by atoms with Crippen LogP contribution in [0.1, 0.15) is 53.9 Å². The lowest BCUT2D eigenvalue weighted by atomic mass is 9.99. The highest BCUT2D eigenvalue weighted by molar-refractivity contribution is 5.94. The quantitative estimate of drug-likeness (QED) is 0.216. The molecular formula is C19H37N5O5. The zero-order valence-electron chi connectivity index (χ0n) is 18.0. The van der Waals surface area contributed by atoms with Crippen LogP contribution < -0.4 is 27.4 Å². The Morgan fingerprint density at radius 1 is 0.793 bits per heavy atom. The monoisotopic (exact) mass is 415 g/mol. The highest BCUT2D eigenvalue weighted by Gasteiger charge is 2.32. The van der Waals surface area contributed by atoms with Gasteiger partial charge in [0.15, 0.2) is 0 Å². The number of unbranched alkanes of at least 4 members (excludes halogenated alkanes) is 1. The molecular weight excluding hydrogens is 378 g/mol. The first-order valence-electron chi connectivity index (χ1n) is 10.0. The lowest BCUT2D eigenvalue weighted by Gasteiger charge is -2.28. The molecule has 4 unspecified atom stereocenters. The van der Waals surface area contributed by atoms with Gasteiger partial charge in [0.25, 0.3) is 0 Å². The minimum atomic E-state index is -1.14. The van der Waals surface area contributed by atoms with Gasteiger partial charge >= 0.3 is 5.97 Å². The van der Waals surface area contributed by atoms with Crippen LogP contribution in [0.4, 0.5) is 0 Å². The Kier molecular flexibility index (Phi) is 12.1. The lowest BCUT2D eigenvalue weighted by molar-refractivity contribution is -0.143. The van der Waals surface area contributed by atoms with Gasteiger partial charge in [0.05, 0.1) is 6.04 Å². The van der Waals surface area contributed by atoms with E-state index in [0.717, 1.165) is 0 Å². The van der Waals surface area contributed by atoms with Crippen molar-refractivity contribution in [3.8, 4) is 0 Å². The molecule has 0 rings (SSSR count). The number of hydrogen-bond acceptors (Lipinski definition) is 6. The third-order valence-electron chi connectivity index (χ3n) is 4.47. The largest absolute Gasteiger partial charge is 0.480 e. The van der Waals surface area contributed by atoms with E-state index in [1.54, 1.807) is 27.7 Å². The third-order valence-corrected chi connectivity index (χ3v) is 4.47. The molecule has 0 fully saturated rings. The fraction of sp³-hybridized carbons (Fsp3) is 0.789. The molecule has 0 heterocycles. The number of hydrogen-bond donors (Lipinski definition) is 6. The minimum Gasteiger partial charge on any atom is -0.480 e. The van der Waals surface area contributed by atoms with Gasteiger partial charge in [-0.25, -0.2) is 4.79 Å². The van der Waals surface area contributed by atoms with Crippen molar-refractivity contribution in [2.75, 3.05) is 6.54 Å². The normalized spacial score (nSPS) is 15.3. The number of carbonyl (C=O) groups is 4. The second-order valence-corrected chi connectivity index (χ2v) is 7.93. The zero-order valence-corrected chi connectivity index (χ0v) is 18.0. The molecule has 10 nitrogen and oxygen atoms in total. The second kappa shape index (κ2) is 13.1. The van der Waals surface area contributed by atoms with Gasteiger partial charge in [0.1, 0.15) is 18.1 Å². The maximum Gasteiger partial charge on any atom is 0.326 e. The van der Waals surface area contributed by atoms with Crippen LogP contribution in [0.3, 0.4) is 0 Å². The zero-order chi connectivity index (χ0) is 22.7. The van der Waals surface area contributed by atoms with E-state index in [2.05, 4.69) is 16.0 Å². The number of aliphatic carboxylic acids is 1. The SMILES string of the molecule is CC(N)C(=O)NC(C(=O)NC(C(=O)NC(CCCCN)C(=O)O)C(C)C)C(C)C. The Morgan fingerprint density at radius 3 is 1.62 bits per heavy atom. The Morgan fingerprint density at radius 2 is 1.24 bits per heavy atom. The van der Waals surface area contributed by atoms with Crippen LogP contribution in [-0.4, -0.2) is 59.5 Å². The Balaban J connectivity index is 5.22. The average molecular weight is 416 g/mol. The van der Waals surface area contributed by atoms with Gasteiger partial charge in [-0.3, -0.25) is 14.4 Å². The number of nitrogens with one attached hydrogen (secondary N) is 3. The molecule has 0 saturated carbocycles. The number of carboxylic acids is 1. The number of amides is 3. The van der Waals surface area contributed by atoms with Crippen LogP contribution in [-0.2, 0) is 19.2 Å². The summed E-state index contributed by atoms with van der Waals surface area (Å²) in [5, 5.41) is 17.0. The van der Waals surface area contributed by atoms with Gasteiger partial charge in [0, 0.05) is 0 Å². The smallest absolute Gasteiger partial charge is 0.326 e. The molecule has 3 amide bonds. The van der Waals surface area contributed by atoms with Crippen molar-refractivity contribution in [1.29, 1.82) is 0 Å². The van der Waals surface area contributed by atoms with Crippen LogP contribution >= 0.6 is 0 Å². The van der Waals surface area contributed by atoms with E-state index in [1.807, 2.05) is 0 Å². The molecule has 10 heteroatoms. The minimum absolute atomic E-state index is 0.239. The number of carboxylic acid groups (broad SMARTS) is 1. The van der Waals surface area contributed by atoms with Crippen molar-refractivity contribution in [1.82, 2.24) is 16.0 Å². The molecule has 8 N–H and O–H groups in total. The summed E-state index contributed by atoms with van der Waals surface area (Å²) in [5.74, 6) is -3.28. The lowest BCUT2D eigenvalue weighted by Crippen LogP contribution is -2.59. The third kappa shape index (κ3) is 9.71. The summed E-state index contributed by atoms with van der Waals surface area (Å²) in [7, 11) is 0. The van der Waals surface area contributed by atoms with E-state index in [-0.39, 0.29) is 18.3 Å². The summed E-state index contributed by atoms with van der Waals surface area (Å²) in [5.41, 5.74) is 11.0. The summed E-state index contributed by atoms with van der Waals surface area (Å²) in [6.07, 6.45) is 1.46. The first kappa shape index (κ1) is 26.8. The van der Waals surface area contributed by atoms with E-state index < -0.39 is 47.9 Å². The molecule has 168 valence electrons. The van der Waals surface area contributed by atoms with Gasteiger partial charge in [-0.2, -0.15) is 0 Å². The number of nitrogens with two attached hydrogens (primary N) is 2. The molecule has 0 aliphatic heterocycles. The predicted octanol–water partition coefficient (Wildman–Crippen LogP) is -0.686. The van der Waals surface area contributed by atoms with Gasteiger partial charge in [0.2, 0.25) is 17.7 Å². The number of carbonyl (C=O) groups excluding carboxylic acids is 3. The van der Waals surface area contributed by atoms with Crippen molar-refractivity contribution in [2.45, 2.75) is 78.0 Å². The van der Waals surface area contributed by atoms with Crippen LogP contribution in [0.25, 0.3) is 0 Å². The topological polar surface area (TPSA) is 177 Å². The van der Waals surface area contributed by atoms with Crippen molar-refractivity contribution in [2.24, 2.45) is 23.3 Å². The van der Waals surface area contributed by atoms with E-state index in [9.17, 15) is 24.3 Å². The molecule has 0 radical (unpaired) electrons. The summed E-state index contributed by atoms with van der Waals surface area (Å²) in [4.78, 5) is 48.7. The van der Waals surface area contributed by atoms with Crippen molar-refractivity contribution in [3.05, 3.63) is 0 Å². The van der Waals surface area contributed by atoms with E-state index in [0.29, 0.717) is 19.4 Å². The molecule has 0 aromatic rings. The first-order valence-corrected chi connectivity index (χ1v) is 10.0. The summed E-state index contributed by atoms with van der Waals surface area (Å²) in [6, 6.07) is -3.67. The van der Waals surface area contributed by atoms with Gasteiger partial charge < -0.3 is 32.5 Å².